The largest absolute Gasteiger partial charge is 0.324 e. The molecule has 0 radical (unpaired) electrons. The van der Waals surface area contributed by atoms with Gasteiger partial charge in [0.15, 0.2) is 0 Å². The van der Waals surface area contributed by atoms with Crippen molar-refractivity contribution in [3.63, 3.8) is 0 Å². The third kappa shape index (κ3) is 3.87. The molecule has 1 fully saturated rings. The van der Waals surface area contributed by atoms with Gasteiger partial charge in [-0.05, 0) is 31.5 Å². The minimum atomic E-state index is -0.440. The Balaban J connectivity index is 1.83. The smallest absolute Gasteiger partial charge is 0.225 e. The first kappa shape index (κ1) is 14.7. The van der Waals surface area contributed by atoms with Crippen LogP contribution in [0.2, 0.25) is 0 Å². The number of nitrogens with one attached hydrogen (secondary N) is 1. The zero-order chi connectivity index (χ0) is 14.4. The van der Waals surface area contributed by atoms with Crippen molar-refractivity contribution in [2.75, 3.05) is 18.4 Å². The third-order valence-corrected chi connectivity index (χ3v) is 3.60. The lowest BCUT2D eigenvalue weighted by atomic mass is 10.0. The standard InChI is InChI=1S/C15H19FN2O2/c16-13-6-1-2-7-14(13)17-15(20)8-10-18-9-4-3-5-12(18)11-19/h1-2,6-7,11-12H,3-5,8-10H2,(H,17,20). The first-order valence-corrected chi connectivity index (χ1v) is 6.94. The van der Waals surface area contributed by atoms with Crippen molar-refractivity contribution in [2.45, 2.75) is 31.7 Å². The van der Waals surface area contributed by atoms with Crippen LogP contribution in [-0.4, -0.2) is 36.2 Å². The fourth-order valence-corrected chi connectivity index (χ4v) is 2.47. The molecule has 0 bridgehead atoms. The summed E-state index contributed by atoms with van der Waals surface area (Å²) in [6, 6.07) is 6.01. The van der Waals surface area contributed by atoms with Crippen LogP contribution >= 0.6 is 0 Å². The van der Waals surface area contributed by atoms with Crippen molar-refractivity contribution in [3.8, 4) is 0 Å². The number of hydrogen-bond acceptors (Lipinski definition) is 3. The first-order valence-electron chi connectivity index (χ1n) is 6.94. The molecule has 1 aromatic carbocycles. The van der Waals surface area contributed by atoms with E-state index in [-0.39, 0.29) is 24.1 Å². The Morgan fingerprint density at radius 3 is 2.95 bits per heavy atom. The molecule has 1 heterocycles. The van der Waals surface area contributed by atoms with Crippen molar-refractivity contribution >= 4 is 17.9 Å². The lowest BCUT2D eigenvalue weighted by molar-refractivity contribution is -0.118. The zero-order valence-electron chi connectivity index (χ0n) is 11.3. The number of hydrogen-bond donors (Lipinski definition) is 1. The number of amides is 1. The van der Waals surface area contributed by atoms with E-state index in [1.165, 1.54) is 12.1 Å². The van der Waals surface area contributed by atoms with Crippen LogP contribution < -0.4 is 5.32 Å². The molecule has 20 heavy (non-hydrogen) atoms. The summed E-state index contributed by atoms with van der Waals surface area (Å²) in [5, 5.41) is 2.55. The number of halogens is 1. The highest BCUT2D eigenvalue weighted by Gasteiger charge is 2.22. The van der Waals surface area contributed by atoms with Crippen molar-refractivity contribution < 1.29 is 14.0 Å². The second kappa shape index (κ2) is 7.14. The molecule has 108 valence electrons. The third-order valence-electron chi connectivity index (χ3n) is 3.60. The highest BCUT2D eigenvalue weighted by molar-refractivity contribution is 5.90. The lowest BCUT2D eigenvalue weighted by Crippen LogP contribution is -2.41. The van der Waals surface area contributed by atoms with Crippen molar-refractivity contribution in [1.82, 2.24) is 4.90 Å². The Morgan fingerprint density at radius 2 is 2.20 bits per heavy atom. The molecular weight excluding hydrogens is 259 g/mol. The van der Waals surface area contributed by atoms with Crippen LogP contribution in [0.3, 0.4) is 0 Å². The number of anilines is 1. The molecule has 1 aromatic rings. The summed E-state index contributed by atoms with van der Waals surface area (Å²) in [5.74, 6) is -0.671. The number of para-hydroxylation sites is 1. The molecule has 1 unspecified atom stereocenters. The molecule has 1 amide bonds. The van der Waals surface area contributed by atoms with E-state index in [2.05, 4.69) is 5.32 Å². The van der Waals surface area contributed by atoms with Gasteiger partial charge in [0, 0.05) is 13.0 Å². The SMILES string of the molecule is O=CC1CCCCN1CCC(=O)Nc1ccccc1F. The topological polar surface area (TPSA) is 49.4 Å². The molecule has 1 aliphatic heterocycles. The molecule has 0 aliphatic carbocycles. The number of benzene rings is 1. The minimum Gasteiger partial charge on any atom is -0.324 e. The Hall–Kier alpha value is -1.75. The quantitative estimate of drug-likeness (QED) is 0.840. The van der Waals surface area contributed by atoms with E-state index < -0.39 is 5.82 Å². The maximum Gasteiger partial charge on any atom is 0.225 e. The van der Waals surface area contributed by atoms with Gasteiger partial charge in [0.2, 0.25) is 5.91 Å². The summed E-state index contributed by atoms with van der Waals surface area (Å²) in [6.07, 6.45) is 4.19. The van der Waals surface area contributed by atoms with Crippen molar-refractivity contribution in [2.24, 2.45) is 0 Å². The zero-order valence-corrected chi connectivity index (χ0v) is 11.3. The molecule has 1 aliphatic rings. The normalized spacial score (nSPS) is 19.6. The number of piperidine rings is 1. The number of likely N-dealkylation sites (tertiary alicyclic amines) is 1. The van der Waals surface area contributed by atoms with Crippen LogP contribution in [0.5, 0.6) is 0 Å². The van der Waals surface area contributed by atoms with Gasteiger partial charge in [0.25, 0.3) is 0 Å². The summed E-state index contributed by atoms with van der Waals surface area (Å²) in [6.45, 7) is 1.38. The molecule has 1 saturated heterocycles. The van der Waals surface area contributed by atoms with E-state index >= 15 is 0 Å². The van der Waals surface area contributed by atoms with Gasteiger partial charge in [-0.1, -0.05) is 18.6 Å². The van der Waals surface area contributed by atoms with E-state index in [1.54, 1.807) is 12.1 Å². The van der Waals surface area contributed by atoms with Crippen LogP contribution in [0.25, 0.3) is 0 Å². The average Bonchev–Trinajstić information content (AvgIpc) is 2.48. The molecule has 5 heteroatoms. The van der Waals surface area contributed by atoms with Crippen molar-refractivity contribution in [3.05, 3.63) is 30.1 Å². The Bertz CT molecular complexity index is 479. The molecule has 0 saturated carbocycles. The number of nitrogens with zero attached hydrogens (tertiary/aromatic N) is 1. The maximum absolute atomic E-state index is 13.4. The van der Waals surface area contributed by atoms with Crippen LogP contribution in [0.1, 0.15) is 25.7 Å². The fraction of sp³-hybridized carbons (Fsp3) is 0.467. The van der Waals surface area contributed by atoms with Gasteiger partial charge < -0.3 is 10.1 Å². The molecule has 4 nitrogen and oxygen atoms in total. The number of rotatable bonds is 5. The molecular formula is C15H19FN2O2. The molecule has 1 N–H and O–H groups in total. The van der Waals surface area contributed by atoms with E-state index in [0.717, 1.165) is 32.1 Å². The van der Waals surface area contributed by atoms with Gasteiger partial charge in [0.05, 0.1) is 11.7 Å². The summed E-state index contributed by atoms with van der Waals surface area (Å²) in [5.41, 5.74) is 0.197. The van der Waals surface area contributed by atoms with Crippen LogP contribution in [0.15, 0.2) is 24.3 Å². The number of carbonyl (C=O) groups is 2. The summed E-state index contributed by atoms with van der Waals surface area (Å²) >= 11 is 0. The first-order chi connectivity index (χ1) is 9.70. The number of carbonyl (C=O) groups excluding carboxylic acids is 2. The van der Waals surface area contributed by atoms with Crippen molar-refractivity contribution in [1.29, 1.82) is 0 Å². The van der Waals surface area contributed by atoms with Crippen LogP contribution in [0, 0.1) is 5.82 Å². The Morgan fingerprint density at radius 1 is 1.40 bits per heavy atom. The van der Waals surface area contributed by atoms with E-state index in [9.17, 15) is 14.0 Å². The summed E-state index contributed by atoms with van der Waals surface area (Å²) in [4.78, 5) is 24.8. The van der Waals surface area contributed by atoms with Gasteiger partial charge in [-0.15, -0.1) is 0 Å². The van der Waals surface area contributed by atoms with Gasteiger partial charge in [-0.25, -0.2) is 4.39 Å². The summed E-state index contributed by atoms with van der Waals surface area (Å²) < 4.78 is 13.4. The molecule has 1 atom stereocenters. The Kier molecular flexibility index (Phi) is 5.24. The monoisotopic (exact) mass is 278 g/mol. The predicted octanol–water partition coefficient (Wildman–Crippen LogP) is 2.21. The maximum atomic E-state index is 13.4. The fourth-order valence-electron chi connectivity index (χ4n) is 2.47. The van der Waals surface area contributed by atoms with Crippen LogP contribution in [0.4, 0.5) is 10.1 Å². The molecule has 0 spiro atoms. The highest BCUT2D eigenvalue weighted by atomic mass is 19.1. The second-order valence-electron chi connectivity index (χ2n) is 5.01. The van der Waals surface area contributed by atoms with Gasteiger partial charge in [0.1, 0.15) is 12.1 Å². The minimum absolute atomic E-state index is 0.0787. The van der Waals surface area contributed by atoms with E-state index in [4.69, 9.17) is 0 Å². The molecule has 2 rings (SSSR count). The lowest BCUT2D eigenvalue weighted by Gasteiger charge is -2.31. The predicted molar refractivity (Wildman–Crippen MR) is 74.9 cm³/mol. The molecule has 0 aromatic heterocycles. The average molecular weight is 278 g/mol. The highest BCUT2D eigenvalue weighted by Crippen LogP contribution is 2.16. The van der Waals surface area contributed by atoms with Gasteiger partial charge >= 0.3 is 0 Å². The Labute approximate surface area is 118 Å². The number of aldehydes is 1. The summed E-state index contributed by atoms with van der Waals surface area (Å²) in [7, 11) is 0. The van der Waals surface area contributed by atoms with E-state index in [0.29, 0.717) is 6.54 Å². The van der Waals surface area contributed by atoms with E-state index in [1.807, 2.05) is 4.90 Å². The van der Waals surface area contributed by atoms with Gasteiger partial charge in [-0.2, -0.15) is 0 Å². The van der Waals surface area contributed by atoms with Gasteiger partial charge in [-0.3, -0.25) is 9.69 Å². The second-order valence-corrected chi connectivity index (χ2v) is 5.01. The van der Waals surface area contributed by atoms with Crippen LogP contribution in [-0.2, 0) is 9.59 Å².